The molecule has 1 saturated heterocycles. The first-order chi connectivity index (χ1) is 8.70. The highest BCUT2D eigenvalue weighted by Crippen LogP contribution is 2.20. The summed E-state index contributed by atoms with van der Waals surface area (Å²) in [5.74, 6) is 0. The predicted octanol–water partition coefficient (Wildman–Crippen LogP) is 1.99. The van der Waals surface area contributed by atoms with E-state index < -0.39 is 0 Å². The maximum atomic E-state index is 5.67. The molecule has 1 aromatic carbocycles. The molecule has 0 spiro atoms. The molecule has 1 fully saturated rings. The van der Waals surface area contributed by atoms with E-state index in [1.54, 1.807) is 0 Å². The Morgan fingerprint density at radius 3 is 2.61 bits per heavy atom. The topological polar surface area (TPSA) is 32.5 Å². The van der Waals surface area contributed by atoms with Crippen molar-refractivity contribution < 1.29 is 0 Å². The van der Waals surface area contributed by atoms with E-state index in [1.165, 1.54) is 49.3 Å². The lowest BCUT2D eigenvalue weighted by atomic mass is 10.1. The lowest BCUT2D eigenvalue weighted by Gasteiger charge is -2.25. The van der Waals surface area contributed by atoms with E-state index in [4.69, 9.17) is 5.73 Å². The third-order valence-corrected chi connectivity index (χ3v) is 3.86. The number of aryl methyl sites for hydroxylation is 1. The molecule has 0 saturated carbocycles. The fraction of sp³-hybridized carbons (Fsp3) is 0.600. The third-order valence-electron chi connectivity index (χ3n) is 3.86. The molecule has 0 radical (unpaired) electrons. The van der Waals surface area contributed by atoms with Gasteiger partial charge in [0.15, 0.2) is 0 Å². The second-order valence-corrected chi connectivity index (χ2v) is 5.30. The Morgan fingerprint density at radius 2 is 2.00 bits per heavy atom. The van der Waals surface area contributed by atoms with E-state index in [0.717, 1.165) is 6.54 Å². The predicted molar refractivity (Wildman–Crippen MR) is 78.0 cm³/mol. The van der Waals surface area contributed by atoms with E-state index in [9.17, 15) is 0 Å². The summed E-state index contributed by atoms with van der Waals surface area (Å²) in [6, 6.07) is 6.53. The number of likely N-dealkylation sites (tertiary alicyclic amines) is 1. The Hall–Kier alpha value is -1.06. The number of hydrogen-bond acceptors (Lipinski definition) is 3. The Kier molecular flexibility index (Phi) is 4.61. The smallest absolute Gasteiger partial charge is 0.0393 e. The normalized spacial score (nSPS) is 16.2. The fourth-order valence-corrected chi connectivity index (χ4v) is 2.69. The van der Waals surface area contributed by atoms with Gasteiger partial charge in [0.1, 0.15) is 0 Å². The van der Waals surface area contributed by atoms with E-state index in [-0.39, 0.29) is 0 Å². The van der Waals surface area contributed by atoms with Gasteiger partial charge < -0.3 is 15.5 Å². The molecule has 2 rings (SSSR count). The van der Waals surface area contributed by atoms with Gasteiger partial charge in [-0.25, -0.2) is 0 Å². The van der Waals surface area contributed by atoms with Crippen LogP contribution >= 0.6 is 0 Å². The number of likely N-dealkylation sites (N-methyl/N-ethyl adjacent to an activating group) is 1. The van der Waals surface area contributed by atoms with Gasteiger partial charge in [-0.2, -0.15) is 0 Å². The van der Waals surface area contributed by atoms with Crippen LogP contribution in [0.2, 0.25) is 0 Å². The first-order valence-corrected chi connectivity index (χ1v) is 6.94. The van der Waals surface area contributed by atoms with Gasteiger partial charge in [0, 0.05) is 32.4 Å². The van der Waals surface area contributed by atoms with E-state index in [2.05, 4.69) is 42.0 Å². The molecular weight excluding hydrogens is 222 g/mol. The summed E-state index contributed by atoms with van der Waals surface area (Å²) < 4.78 is 0. The van der Waals surface area contributed by atoms with Gasteiger partial charge in [-0.1, -0.05) is 12.1 Å². The zero-order chi connectivity index (χ0) is 13.0. The van der Waals surface area contributed by atoms with Crippen molar-refractivity contribution in [3.63, 3.8) is 0 Å². The number of benzene rings is 1. The highest BCUT2D eigenvalue weighted by atomic mass is 15.2. The largest absolute Gasteiger partial charge is 0.373 e. The summed E-state index contributed by atoms with van der Waals surface area (Å²) >= 11 is 0. The van der Waals surface area contributed by atoms with Gasteiger partial charge in [-0.05, 0) is 50.0 Å². The van der Waals surface area contributed by atoms with Gasteiger partial charge >= 0.3 is 0 Å². The van der Waals surface area contributed by atoms with Crippen LogP contribution in [0.25, 0.3) is 0 Å². The van der Waals surface area contributed by atoms with E-state index >= 15 is 0 Å². The van der Waals surface area contributed by atoms with Gasteiger partial charge in [0.2, 0.25) is 0 Å². The molecule has 0 aliphatic carbocycles. The van der Waals surface area contributed by atoms with Crippen LogP contribution in [-0.2, 0) is 6.54 Å². The molecule has 3 heteroatoms. The van der Waals surface area contributed by atoms with E-state index in [0.29, 0.717) is 6.54 Å². The molecule has 0 atom stereocenters. The number of nitrogens with zero attached hydrogens (tertiary/aromatic N) is 2. The number of nitrogens with two attached hydrogens (primary N) is 1. The molecule has 1 heterocycles. The Bertz CT molecular complexity index is 383. The highest BCUT2D eigenvalue weighted by molar-refractivity contribution is 5.53. The zero-order valence-corrected chi connectivity index (χ0v) is 11.7. The SMILES string of the molecule is Cc1cc(CN)ccc1N(C)CCN1CCCC1. The molecule has 1 aliphatic rings. The van der Waals surface area contributed by atoms with Crippen LogP contribution < -0.4 is 10.6 Å². The van der Waals surface area contributed by atoms with Crippen LogP contribution in [0, 0.1) is 6.92 Å². The van der Waals surface area contributed by atoms with Crippen LogP contribution in [0.5, 0.6) is 0 Å². The maximum Gasteiger partial charge on any atom is 0.0393 e. The van der Waals surface area contributed by atoms with Crippen molar-refractivity contribution in [1.29, 1.82) is 0 Å². The van der Waals surface area contributed by atoms with E-state index in [1.807, 2.05) is 0 Å². The summed E-state index contributed by atoms with van der Waals surface area (Å²) in [7, 11) is 2.18. The molecule has 0 bridgehead atoms. The van der Waals surface area contributed by atoms with Gasteiger partial charge in [0.25, 0.3) is 0 Å². The number of rotatable bonds is 5. The molecule has 0 amide bonds. The quantitative estimate of drug-likeness (QED) is 0.863. The minimum absolute atomic E-state index is 0.624. The van der Waals surface area contributed by atoms with Crippen LogP contribution in [0.4, 0.5) is 5.69 Å². The molecule has 0 aromatic heterocycles. The minimum Gasteiger partial charge on any atom is -0.373 e. The summed E-state index contributed by atoms with van der Waals surface area (Å²) in [6.07, 6.45) is 2.74. The molecule has 1 aliphatic heterocycles. The molecule has 3 nitrogen and oxygen atoms in total. The minimum atomic E-state index is 0.624. The molecular formula is C15H25N3. The number of hydrogen-bond donors (Lipinski definition) is 1. The third kappa shape index (κ3) is 3.24. The van der Waals surface area contributed by atoms with Crippen molar-refractivity contribution in [3.8, 4) is 0 Å². The Labute approximate surface area is 111 Å². The lowest BCUT2D eigenvalue weighted by molar-refractivity contribution is 0.346. The molecule has 100 valence electrons. The van der Waals surface area contributed by atoms with Crippen molar-refractivity contribution in [2.45, 2.75) is 26.3 Å². The second kappa shape index (κ2) is 6.21. The van der Waals surface area contributed by atoms with Gasteiger partial charge in [-0.3, -0.25) is 0 Å². The van der Waals surface area contributed by atoms with Crippen molar-refractivity contribution in [2.24, 2.45) is 5.73 Å². The van der Waals surface area contributed by atoms with Crippen molar-refractivity contribution in [1.82, 2.24) is 4.90 Å². The van der Waals surface area contributed by atoms with Crippen LogP contribution in [0.3, 0.4) is 0 Å². The average molecular weight is 247 g/mol. The molecule has 1 aromatic rings. The van der Waals surface area contributed by atoms with Crippen molar-refractivity contribution in [2.75, 3.05) is 38.1 Å². The molecule has 2 N–H and O–H groups in total. The molecule has 0 unspecified atom stereocenters. The van der Waals surface area contributed by atoms with Gasteiger partial charge in [0.05, 0.1) is 0 Å². The maximum absolute atomic E-state index is 5.67. The fourth-order valence-electron chi connectivity index (χ4n) is 2.69. The monoisotopic (exact) mass is 247 g/mol. The Morgan fingerprint density at radius 1 is 1.28 bits per heavy atom. The van der Waals surface area contributed by atoms with Crippen LogP contribution in [0.1, 0.15) is 24.0 Å². The zero-order valence-electron chi connectivity index (χ0n) is 11.7. The highest BCUT2D eigenvalue weighted by Gasteiger charge is 2.12. The van der Waals surface area contributed by atoms with Crippen molar-refractivity contribution in [3.05, 3.63) is 29.3 Å². The lowest BCUT2D eigenvalue weighted by Crippen LogP contribution is -2.31. The molecule has 18 heavy (non-hydrogen) atoms. The summed E-state index contributed by atoms with van der Waals surface area (Å²) in [5, 5.41) is 0. The summed E-state index contributed by atoms with van der Waals surface area (Å²) in [4.78, 5) is 4.91. The van der Waals surface area contributed by atoms with Crippen LogP contribution in [-0.4, -0.2) is 38.1 Å². The second-order valence-electron chi connectivity index (χ2n) is 5.30. The Balaban J connectivity index is 1.93. The summed E-state index contributed by atoms with van der Waals surface area (Å²) in [5.41, 5.74) is 9.52. The average Bonchev–Trinajstić information content (AvgIpc) is 2.88. The standard InChI is InChI=1S/C15H25N3/c1-13-11-14(12-16)5-6-15(13)17(2)9-10-18-7-3-4-8-18/h5-6,11H,3-4,7-10,12,16H2,1-2H3. The first-order valence-electron chi connectivity index (χ1n) is 6.94. The van der Waals surface area contributed by atoms with Crippen molar-refractivity contribution >= 4 is 5.69 Å². The summed E-state index contributed by atoms with van der Waals surface area (Å²) in [6.45, 7) is 7.62. The first kappa shape index (κ1) is 13.4. The van der Waals surface area contributed by atoms with Gasteiger partial charge in [-0.15, -0.1) is 0 Å². The number of anilines is 1. The van der Waals surface area contributed by atoms with Crippen LogP contribution in [0.15, 0.2) is 18.2 Å².